The van der Waals surface area contributed by atoms with Crippen molar-refractivity contribution in [1.29, 1.82) is 0 Å². The average molecular weight is 381 g/mol. The van der Waals surface area contributed by atoms with Crippen LogP contribution in [0.25, 0.3) is 0 Å². The van der Waals surface area contributed by atoms with Crippen molar-refractivity contribution in [2.45, 2.75) is 25.4 Å². The van der Waals surface area contributed by atoms with Gasteiger partial charge in [0.15, 0.2) is 0 Å². The number of ether oxygens (including phenoxy) is 1. The number of carbonyl (C=O) groups excluding carboxylic acids is 3. The highest BCUT2D eigenvalue weighted by molar-refractivity contribution is 6.05. The Labute approximate surface area is 163 Å². The second kappa shape index (κ2) is 9.03. The molecule has 7 nitrogen and oxygen atoms in total. The first-order chi connectivity index (χ1) is 13.6. The number of nitrogens with one attached hydrogen (secondary N) is 2. The van der Waals surface area contributed by atoms with Gasteiger partial charge in [-0.3, -0.25) is 14.5 Å². The molecular formula is C21H23N3O4. The Hall–Kier alpha value is -3.35. The van der Waals surface area contributed by atoms with Gasteiger partial charge in [-0.05, 0) is 29.7 Å². The molecule has 0 saturated carbocycles. The zero-order chi connectivity index (χ0) is 19.9. The van der Waals surface area contributed by atoms with Crippen LogP contribution in [0, 0.1) is 0 Å². The maximum atomic E-state index is 12.5. The van der Waals surface area contributed by atoms with Crippen LogP contribution in [0.15, 0.2) is 54.6 Å². The molecule has 1 aliphatic heterocycles. The predicted octanol–water partition coefficient (Wildman–Crippen LogP) is 1.86. The van der Waals surface area contributed by atoms with Crippen molar-refractivity contribution in [1.82, 2.24) is 15.5 Å². The molecule has 0 aromatic heterocycles. The Bertz CT molecular complexity index is 836. The lowest BCUT2D eigenvalue weighted by molar-refractivity contribution is -0.131. The number of urea groups is 1. The van der Waals surface area contributed by atoms with Gasteiger partial charge in [0.1, 0.15) is 11.8 Å². The minimum absolute atomic E-state index is 0.0710. The topological polar surface area (TPSA) is 87.7 Å². The summed E-state index contributed by atoms with van der Waals surface area (Å²) in [7, 11) is 1.57. The van der Waals surface area contributed by atoms with Gasteiger partial charge >= 0.3 is 6.03 Å². The summed E-state index contributed by atoms with van der Waals surface area (Å²) in [6.45, 7) is 0.633. The maximum Gasteiger partial charge on any atom is 0.325 e. The van der Waals surface area contributed by atoms with Crippen LogP contribution in [0.2, 0.25) is 0 Å². The van der Waals surface area contributed by atoms with Crippen molar-refractivity contribution < 1.29 is 19.1 Å². The molecular weight excluding hydrogens is 358 g/mol. The number of hydrogen-bond donors (Lipinski definition) is 2. The van der Waals surface area contributed by atoms with Crippen molar-refractivity contribution in [2.24, 2.45) is 0 Å². The molecule has 0 aliphatic carbocycles. The number of imide groups is 1. The van der Waals surface area contributed by atoms with Crippen LogP contribution in [0.4, 0.5) is 4.79 Å². The van der Waals surface area contributed by atoms with E-state index in [1.807, 2.05) is 30.3 Å². The van der Waals surface area contributed by atoms with Gasteiger partial charge in [0.2, 0.25) is 5.91 Å². The fourth-order valence-corrected chi connectivity index (χ4v) is 3.03. The highest BCUT2D eigenvalue weighted by atomic mass is 16.5. The summed E-state index contributed by atoms with van der Waals surface area (Å²) in [5, 5.41) is 5.38. The van der Waals surface area contributed by atoms with E-state index < -0.39 is 12.1 Å². The van der Waals surface area contributed by atoms with Crippen LogP contribution in [-0.2, 0) is 22.6 Å². The number of benzene rings is 2. The molecule has 0 bridgehead atoms. The Morgan fingerprint density at radius 1 is 1.07 bits per heavy atom. The molecule has 146 valence electrons. The fraction of sp³-hybridized carbons (Fsp3) is 0.286. The average Bonchev–Trinajstić information content (AvgIpc) is 2.96. The SMILES string of the molecule is COc1ccc(CN2C(=O)N[C@@H](CC(=O)NCCc3ccccc3)C2=O)cc1. The Morgan fingerprint density at radius 3 is 2.46 bits per heavy atom. The summed E-state index contributed by atoms with van der Waals surface area (Å²) in [5.41, 5.74) is 1.93. The monoisotopic (exact) mass is 381 g/mol. The molecule has 1 heterocycles. The normalized spacial score (nSPS) is 16.0. The van der Waals surface area contributed by atoms with E-state index in [4.69, 9.17) is 4.74 Å². The van der Waals surface area contributed by atoms with Crippen LogP contribution in [0.5, 0.6) is 5.75 Å². The van der Waals surface area contributed by atoms with E-state index in [0.717, 1.165) is 16.0 Å². The van der Waals surface area contributed by atoms with Crippen molar-refractivity contribution in [2.75, 3.05) is 13.7 Å². The largest absolute Gasteiger partial charge is 0.497 e. The number of amides is 4. The molecule has 1 aliphatic rings. The highest BCUT2D eigenvalue weighted by Gasteiger charge is 2.38. The molecule has 1 atom stereocenters. The smallest absolute Gasteiger partial charge is 0.325 e. The van der Waals surface area contributed by atoms with Gasteiger partial charge in [-0.1, -0.05) is 42.5 Å². The molecule has 2 aromatic carbocycles. The van der Waals surface area contributed by atoms with E-state index in [0.29, 0.717) is 18.7 Å². The third-order valence-electron chi connectivity index (χ3n) is 4.57. The van der Waals surface area contributed by atoms with Crippen molar-refractivity contribution in [3.8, 4) is 5.75 Å². The second-order valence-corrected chi connectivity index (χ2v) is 6.56. The molecule has 0 unspecified atom stereocenters. The van der Waals surface area contributed by atoms with E-state index in [2.05, 4.69) is 10.6 Å². The first-order valence-corrected chi connectivity index (χ1v) is 9.12. The Kier molecular flexibility index (Phi) is 6.26. The molecule has 0 radical (unpaired) electrons. The third-order valence-corrected chi connectivity index (χ3v) is 4.57. The van der Waals surface area contributed by atoms with Gasteiger partial charge in [0, 0.05) is 6.54 Å². The van der Waals surface area contributed by atoms with E-state index in [1.165, 1.54) is 0 Å². The Balaban J connectivity index is 1.49. The van der Waals surface area contributed by atoms with E-state index >= 15 is 0 Å². The van der Waals surface area contributed by atoms with Gasteiger partial charge in [0.25, 0.3) is 5.91 Å². The van der Waals surface area contributed by atoms with Crippen molar-refractivity contribution in [3.05, 3.63) is 65.7 Å². The standard InChI is InChI=1S/C21H23N3O4/c1-28-17-9-7-16(8-10-17)14-24-20(26)18(23-21(24)27)13-19(25)22-12-11-15-5-3-2-4-6-15/h2-10,18H,11-14H2,1H3,(H,22,25)(H,23,27)/t18-/m0/s1. The number of nitrogens with zero attached hydrogens (tertiary/aromatic N) is 1. The third kappa shape index (κ3) is 4.88. The maximum absolute atomic E-state index is 12.5. The fourth-order valence-electron chi connectivity index (χ4n) is 3.03. The molecule has 4 amide bonds. The zero-order valence-corrected chi connectivity index (χ0v) is 15.7. The van der Waals surface area contributed by atoms with Gasteiger partial charge in [0.05, 0.1) is 20.1 Å². The minimum atomic E-state index is -0.831. The quantitative estimate of drug-likeness (QED) is 0.684. The van der Waals surface area contributed by atoms with Gasteiger partial charge in [-0.2, -0.15) is 0 Å². The second-order valence-electron chi connectivity index (χ2n) is 6.56. The highest BCUT2D eigenvalue weighted by Crippen LogP contribution is 2.17. The lowest BCUT2D eigenvalue weighted by Gasteiger charge is -2.13. The number of hydrogen-bond acceptors (Lipinski definition) is 4. The predicted molar refractivity (Wildman–Crippen MR) is 104 cm³/mol. The lowest BCUT2D eigenvalue weighted by atomic mass is 10.1. The van der Waals surface area contributed by atoms with Crippen molar-refractivity contribution >= 4 is 17.8 Å². The summed E-state index contributed by atoms with van der Waals surface area (Å²) >= 11 is 0. The molecule has 7 heteroatoms. The summed E-state index contributed by atoms with van der Waals surface area (Å²) in [5.74, 6) is 0.0471. The van der Waals surface area contributed by atoms with Crippen LogP contribution in [0.3, 0.4) is 0 Å². The Morgan fingerprint density at radius 2 is 1.79 bits per heavy atom. The van der Waals surface area contributed by atoms with Gasteiger partial charge in [-0.15, -0.1) is 0 Å². The van der Waals surface area contributed by atoms with Gasteiger partial charge in [-0.25, -0.2) is 4.79 Å². The number of methoxy groups -OCH3 is 1. The summed E-state index contributed by atoms with van der Waals surface area (Å²) in [4.78, 5) is 37.9. The zero-order valence-electron chi connectivity index (χ0n) is 15.7. The molecule has 1 saturated heterocycles. The van der Waals surface area contributed by atoms with Crippen LogP contribution < -0.4 is 15.4 Å². The molecule has 2 aromatic rings. The number of carbonyl (C=O) groups is 3. The molecule has 2 N–H and O–H groups in total. The van der Waals surface area contributed by atoms with Crippen LogP contribution in [0.1, 0.15) is 17.5 Å². The number of rotatable bonds is 8. The van der Waals surface area contributed by atoms with Crippen LogP contribution in [-0.4, -0.2) is 42.4 Å². The molecule has 28 heavy (non-hydrogen) atoms. The summed E-state index contributed by atoms with van der Waals surface area (Å²) < 4.78 is 5.10. The van der Waals surface area contributed by atoms with E-state index in [1.54, 1.807) is 31.4 Å². The molecule has 0 spiro atoms. The van der Waals surface area contributed by atoms with E-state index in [-0.39, 0.29) is 24.8 Å². The van der Waals surface area contributed by atoms with Gasteiger partial charge < -0.3 is 15.4 Å². The van der Waals surface area contributed by atoms with E-state index in [9.17, 15) is 14.4 Å². The lowest BCUT2D eigenvalue weighted by Crippen LogP contribution is -2.37. The minimum Gasteiger partial charge on any atom is -0.497 e. The first kappa shape index (κ1) is 19.4. The van der Waals surface area contributed by atoms with Crippen LogP contribution >= 0.6 is 0 Å². The first-order valence-electron chi connectivity index (χ1n) is 9.12. The van der Waals surface area contributed by atoms with Crippen molar-refractivity contribution in [3.63, 3.8) is 0 Å². The summed E-state index contributed by atoms with van der Waals surface area (Å²) in [6, 6.07) is 15.6. The molecule has 3 rings (SSSR count). The summed E-state index contributed by atoms with van der Waals surface area (Å²) in [6.07, 6.45) is 0.639. The molecule has 1 fully saturated rings.